The third-order valence-corrected chi connectivity index (χ3v) is 5.02. The average Bonchev–Trinajstić information content (AvgIpc) is 2.52. The molecular weight excluding hydrogens is 310 g/mol. The maximum Gasteiger partial charge on any atom is 0.231 e. The predicted octanol–water partition coefficient (Wildman–Crippen LogP) is 1.79. The zero-order valence-electron chi connectivity index (χ0n) is 8.50. The van der Waals surface area contributed by atoms with E-state index < -0.39 is 9.84 Å². The largest absolute Gasteiger partial charge is 0.508 e. The number of phenolic OH excluding ortho intramolecular Hbond substituents is 1. The lowest BCUT2D eigenvalue weighted by Gasteiger charge is -2.06. The van der Waals surface area contributed by atoms with Gasteiger partial charge in [0.05, 0.1) is 0 Å². The van der Waals surface area contributed by atoms with E-state index in [2.05, 4.69) is 20.9 Å². The van der Waals surface area contributed by atoms with Gasteiger partial charge in [0.15, 0.2) is 0 Å². The van der Waals surface area contributed by atoms with E-state index in [-0.39, 0.29) is 21.2 Å². The van der Waals surface area contributed by atoms with Crippen molar-refractivity contribution in [3.63, 3.8) is 0 Å². The number of phenols is 1. The lowest BCUT2D eigenvalue weighted by molar-refractivity contribution is 0.355. The highest BCUT2D eigenvalue weighted by Gasteiger charge is 2.28. The van der Waals surface area contributed by atoms with Crippen molar-refractivity contribution in [2.75, 3.05) is 6.61 Å². The van der Waals surface area contributed by atoms with Crippen LogP contribution in [0.15, 0.2) is 40.4 Å². The standard InChI is InChI=1S/C10H8BrNO4S/c11-10-12-5-9(17(10,14)15)6-16-8-3-1-2-7(13)4-8/h1-5,13H,6H2. The van der Waals surface area contributed by atoms with E-state index in [0.717, 1.165) is 0 Å². The molecule has 0 spiro atoms. The summed E-state index contributed by atoms with van der Waals surface area (Å²) < 4.78 is 28.4. The first-order chi connectivity index (χ1) is 8.00. The number of aromatic hydroxyl groups is 1. The van der Waals surface area contributed by atoms with Gasteiger partial charge in [0.25, 0.3) is 0 Å². The highest BCUT2D eigenvalue weighted by Crippen LogP contribution is 2.23. The zero-order chi connectivity index (χ0) is 12.5. The summed E-state index contributed by atoms with van der Waals surface area (Å²) >= 11 is 2.85. The summed E-state index contributed by atoms with van der Waals surface area (Å²) in [5.74, 6) is 0.451. The van der Waals surface area contributed by atoms with Gasteiger partial charge in [-0.25, -0.2) is 13.4 Å². The SMILES string of the molecule is O=S1(=O)C(COc2cccc(O)c2)=CN=C1Br. The molecule has 0 bridgehead atoms. The van der Waals surface area contributed by atoms with Crippen molar-refractivity contribution in [2.24, 2.45) is 4.99 Å². The van der Waals surface area contributed by atoms with Gasteiger partial charge in [0.1, 0.15) is 23.0 Å². The number of benzene rings is 1. The van der Waals surface area contributed by atoms with Gasteiger partial charge in [-0.3, -0.25) is 0 Å². The highest BCUT2D eigenvalue weighted by molar-refractivity contribution is 9.21. The third kappa shape index (κ3) is 2.50. The highest BCUT2D eigenvalue weighted by atomic mass is 79.9. The Morgan fingerprint density at radius 1 is 1.41 bits per heavy atom. The maximum atomic E-state index is 11.6. The molecule has 0 radical (unpaired) electrons. The number of rotatable bonds is 3. The number of aliphatic imine (C=N–C) groups is 1. The lowest BCUT2D eigenvalue weighted by Crippen LogP contribution is -2.12. The summed E-state index contributed by atoms with van der Waals surface area (Å²) in [5.41, 5.74) is 0. The van der Waals surface area contributed by atoms with E-state index in [9.17, 15) is 13.5 Å². The molecule has 0 amide bonds. The molecule has 0 aromatic heterocycles. The van der Waals surface area contributed by atoms with Crippen molar-refractivity contribution in [1.29, 1.82) is 0 Å². The predicted molar refractivity (Wildman–Crippen MR) is 67.0 cm³/mol. The van der Waals surface area contributed by atoms with Crippen LogP contribution in [0.2, 0.25) is 0 Å². The summed E-state index contributed by atoms with van der Waals surface area (Å²) in [7, 11) is -3.51. The second-order valence-corrected chi connectivity index (χ2v) is 6.46. The summed E-state index contributed by atoms with van der Waals surface area (Å²) in [6.45, 7) is -0.121. The molecule has 17 heavy (non-hydrogen) atoms. The average molecular weight is 318 g/mol. The van der Waals surface area contributed by atoms with Gasteiger partial charge in [0, 0.05) is 12.3 Å². The summed E-state index contributed by atoms with van der Waals surface area (Å²) in [4.78, 5) is 3.73. The van der Waals surface area contributed by atoms with Crippen molar-refractivity contribution in [2.45, 2.75) is 0 Å². The van der Waals surface area contributed by atoms with Crippen LogP contribution in [0.25, 0.3) is 0 Å². The van der Waals surface area contributed by atoms with Gasteiger partial charge in [-0.15, -0.1) is 0 Å². The van der Waals surface area contributed by atoms with Crippen molar-refractivity contribution >= 4 is 29.7 Å². The first-order valence-electron chi connectivity index (χ1n) is 4.59. The molecule has 1 N–H and O–H groups in total. The number of sulfone groups is 1. The molecule has 1 aromatic rings. The fourth-order valence-corrected chi connectivity index (χ4v) is 2.75. The van der Waals surface area contributed by atoms with Gasteiger partial charge in [-0.2, -0.15) is 0 Å². The molecule has 1 aromatic carbocycles. The monoisotopic (exact) mass is 317 g/mol. The van der Waals surface area contributed by atoms with E-state index >= 15 is 0 Å². The molecule has 1 aliphatic heterocycles. The van der Waals surface area contributed by atoms with E-state index in [1.807, 2.05) is 0 Å². The Morgan fingerprint density at radius 3 is 2.76 bits per heavy atom. The molecule has 1 heterocycles. The van der Waals surface area contributed by atoms with Gasteiger partial charge in [0.2, 0.25) is 13.8 Å². The molecule has 0 saturated heterocycles. The maximum absolute atomic E-state index is 11.6. The van der Waals surface area contributed by atoms with Crippen molar-refractivity contribution in [1.82, 2.24) is 0 Å². The van der Waals surface area contributed by atoms with Crippen LogP contribution in [0.5, 0.6) is 11.5 Å². The van der Waals surface area contributed by atoms with Gasteiger partial charge in [-0.05, 0) is 28.1 Å². The molecule has 0 saturated carbocycles. The number of hydrogen-bond acceptors (Lipinski definition) is 5. The van der Waals surface area contributed by atoms with Gasteiger partial charge in [-0.1, -0.05) is 6.07 Å². The zero-order valence-corrected chi connectivity index (χ0v) is 10.9. The Labute approximate surface area is 106 Å². The van der Waals surface area contributed by atoms with Crippen LogP contribution in [0, 0.1) is 0 Å². The number of ether oxygens (including phenoxy) is 1. The lowest BCUT2D eigenvalue weighted by atomic mass is 10.3. The van der Waals surface area contributed by atoms with E-state index in [4.69, 9.17) is 4.74 Å². The minimum Gasteiger partial charge on any atom is -0.508 e. The summed E-state index contributed by atoms with van der Waals surface area (Å²) in [5, 5.41) is 9.21. The molecule has 5 nitrogen and oxygen atoms in total. The minimum absolute atomic E-state index is 0.0585. The second kappa shape index (κ2) is 4.50. The molecule has 0 aliphatic carbocycles. The van der Waals surface area contributed by atoms with Crippen molar-refractivity contribution in [3.05, 3.63) is 35.4 Å². The second-order valence-electron chi connectivity index (χ2n) is 3.27. The number of halogens is 1. The van der Waals surface area contributed by atoms with Gasteiger partial charge < -0.3 is 9.84 Å². The van der Waals surface area contributed by atoms with Gasteiger partial charge >= 0.3 is 0 Å². The van der Waals surface area contributed by atoms with Crippen molar-refractivity contribution < 1.29 is 18.3 Å². The molecule has 0 unspecified atom stereocenters. The number of hydrogen-bond donors (Lipinski definition) is 1. The van der Waals surface area contributed by atoms with E-state index in [0.29, 0.717) is 5.75 Å². The summed E-state index contributed by atoms with van der Waals surface area (Å²) in [6.07, 6.45) is 1.24. The molecular formula is C10H8BrNO4S. The normalized spacial score (nSPS) is 17.5. The van der Waals surface area contributed by atoms with Crippen LogP contribution in [0.4, 0.5) is 0 Å². The molecule has 0 fully saturated rings. The van der Waals surface area contributed by atoms with Crippen LogP contribution < -0.4 is 4.74 Å². The third-order valence-electron chi connectivity index (χ3n) is 2.08. The fraction of sp³-hybridized carbons (Fsp3) is 0.100. The van der Waals surface area contributed by atoms with Crippen molar-refractivity contribution in [3.8, 4) is 11.5 Å². The molecule has 90 valence electrons. The van der Waals surface area contributed by atoms with E-state index in [1.54, 1.807) is 12.1 Å². The summed E-state index contributed by atoms with van der Waals surface area (Å²) in [6, 6.07) is 6.13. The molecule has 2 rings (SSSR count). The quantitative estimate of drug-likeness (QED) is 0.922. The smallest absolute Gasteiger partial charge is 0.231 e. The topological polar surface area (TPSA) is 76.0 Å². The van der Waals surface area contributed by atoms with Crippen LogP contribution in [0.3, 0.4) is 0 Å². The first-order valence-corrected chi connectivity index (χ1v) is 6.87. The first kappa shape index (κ1) is 12.1. The van der Waals surface area contributed by atoms with E-state index in [1.165, 1.54) is 18.3 Å². The Balaban J connectivity index is 2.07. The van der Waals surface area contributed by atoms with Crippen LogP contribution in [-0.2, 0) is 9.84 Å². The Bertz CT molecular complexity index is 606. The van der Waals surface area contributed by atoms with Crippen LogP contribution >= 0.6 is 15.9 Å². The fourth-order valence-electron chi connectivity index (χ4n) is 1.21. The van der Waals surface area contributed by atoms with Crippen LogP contribution in [0.1, 0.15) is 0 Å². The molecule has 0 atom stereocenters. The van der Waals surface area contributed by atoms with Crippen LogP contribution in [-0.4, -0.2) is 24.1 Å². The molecule has 7 heteroatoms. The Hall–Kier alpha value is -1.34. The molecule has 1 aliphatic rings. The minimum atomic E-state index is -3.51. The Morgan fingerprint density at radius 2 is 2.18 bits per heavy atom. The Kier molecular flexibility index (Phi) is 3.21. The number of nitrogens with zero attached hydrogens (tertiary/aromatic N) is 1.